The van der Waals surface area contributed by atoms with Crippen LogP contribution < -0.4 is 5.32 Å². The lowest BCUT2D eigenvalue weighted by atomic mass is 9.99. The maximum Gasteiger partial charge on any atom is 0.471 e. The predicted octanol–water partition coefficient (Wildman–Crippen LogP) is 5.01. The topological polar surface area (TPSA) is 95.4 Å². The van der Waals surface area contributed by atoms with Crippen molar-refractivity contribution in [2.24, 2.45) is 0 Å². The van der Waals surface area contributed by atoms with Crippen molar-refractivity contribution in [3.8, 4) is 23.4 Å². The zero-order valence-electron chi connectivity index (χ0n) is 19.5. The first kappa shape index (κ1) is 29.0. The standard InChI is InChI=1S/C12H12F3NO.C10H11N3O2S2.C2H2/c13-12(14,15)11(17)16-7-6-10(8-16)9-4-2-1-3-5-9;1-5-8(17-9(12-5)6(2)15)7-3-16-10(13-7)11-4-14;1-2/h1-5,10H,6-8H2;3-4,6,15H,1-2H3,(H,11,13,14);1-2H/t10-;;/m1../s1. The molecule has 2 atom stereocenters. The number of likely N-dealkylation sites (tertiary alicyclic amines) is 1. The van der Waals surface area contributed by atoms with Gasteiger partial charge in [-0.2, -0.15) is 13.2 Å². The molecule has 1 aliphatic heterocycles. The van der Waals surface area contributed by atoms with Gasteiger partial charge >= 0.3 is 12.1 Å². The molecule has 0 bridgehead atoms. The number of anilines is 1. The summed E-state index contributed by atoms with van der Waals surface area (Å²) >= 11 is 2.78. The number of carbonyl (C=O) groups is 2. The number of hydrogen-bond donors (Lipinski definition) is 2. The lowest BCUT2D eigenvalue weighted by molar-refractivity contribution is -0.184. The molecule has 0 aliphatic carbocycles. The molecule has 1 aromatic carbocycles. The van der Waals surface area contributed by atoms with Crippen molar-refractivity contribution < 1.29 is 27.9 Å². The molecule has 7 nitrogen and oxygen atoms in total. The molecule has 0 saturated carbocycles. The van der Waals surface area contributed by atoms with Crippen LogP contribution in [-0.4, -0.2) is 51.6 Å². The fourth-order valence-electron chi connectivity index (χ4n) is 3.45. The van der Waals surface area contributed by atoms with Crippen molar-refractivity contribution in [1.29, 1.82) is 0 Å². The Labute approximate surface area is 215 Å². The van der Waals surface area contributed by atoms with E-state index in [9.17, 15) is 27.9 Å². The number of nitrogens with zero attached hydrogens (tertiary/aromatic N) is 3. The molecule has 1 unspecified atom stereocenters. The second-order valence-electron chi connectivity index (χ2n) is 7.59. The van der Waals surface area contributed by atoms with Crippen molar-refractivity contribution in [3.63, 3.8) is 0 Å². The van der Waals surface area contributed by atoms with Gasteiger partial charge in [0.15, 0.2) is 5.13 Å². The second kappa shape index (κ2) is 13.2. The Morgan fingerprint density at radius 1 is 1.28 bits per heavy atom. The number of nitrogens with one attached hydrogen (secondary N) is 1. The van der Waals surface area contributed by atoms with E-state index < -0.39 is 18.2 Å². The van der Waals surface area contributed by atoms with Gasteiger partial charge in [-0.15, -0.1) is 35.5 Å². The summed E-state index contributed by atoms with van der Waals surface area (Å²) in [7, 11) is 0. The molecule has 2 aromatic heterocycles. The second-order valence-corrected chi connectivity index (χ2v) is 9.48. The number of rotatable bonds is 5. The lowest BCUT2D eigenvalue weighted by Gasteiger charge is -2.18. The highest BCUT2D eigenvalue weighted by Crippen LogP contribution is 2.34. The maximum atomic E-state index is 12.2. The zero-order valence-corrected chi connectivity index (χ0v) is 21.2. The molecule has 36 heavy (non-hydrogen) atoms. The first-order valence-electron chi connectivity index (χ1n) is 10.7. The number of alkyl halides is 3. The van der Waals surface area contributed by atoms with Gasteiger partial charge in [-0.3, -0.25) is 9.59 Å². The number of terminal acetylenes is 1. The monoisotopic (exact) mass is 538 g/mol. The van der Waals surface area contributed by atoms with E-state index in [1.807, 2.05) is 42.6 Å². The summed E-state index contributed by atoms with van der Waals surface area (Å²) in [5.41, 5.74) is 2.61. The van der Waals surface area contributed by atoms with E-state index in [4.69, 9.17) is 0 Å². The molecule has 1 aliphatic rings. The van der Waals surface area contributed by atoms with Crippen LogP contribution in [0, 0.1) is 19.8 Å². The molecule has 2 N–H and O–H groups in total. The van der Waals surface area contributed by atoms with E-state index in [-0.39, 0.29) is 19.0 Å². The molecule has 3 aromatic rings. The molecule has 0 radical (unpaired) electrons. The van der Waals surface area contributed by atoms with Crippen LogP contribution >= 0.6 is 22.7 Å². The average molecular weight is 539 g/mol. The Hall–Kier alpha value is -3.27. The Morgan fingerprint density at radius 3 is 2.50 bits per heavy atom. The number of aliphatic hydroxyl groups is 1. The SMILES string of the molecule is C#C.Cc1nc(C(C)O)sc1-c1csc(NC=O)n1.O=C(N1CC[C@@H](c2ccccc2)C1)C(F)(F)F. The van der Waals surface area contributed by atoms with Crippen LogP contribution in [0.3, 0.4) is 0 Å². The third-order valence-corrected chi connectivity index (χ3v) is 7.20. The number of carbonyl (C=O) groups excluding carboxylic acids is 2. The molecule has 4 rings (SSSR count). The molecule has 0 spiro atoms. The van der Waals surface area contributed by atoms with Gasteiger partial charge in [0.25, 0.3) is 0 Å². The van der Waals surface area contributed by atoms with Crippen LogP contribution in [0.4, 0.5) is 18.3 Å². The minimum atomic E-state index is -4.76. The first-order valence-corrected chi connectivity index (χ1v) is 12.4. The normalized spacial score (nSPS) is 15.7. The average Bonchev–Trinajstić information content (AvgIpc) is 3.60. The highest BCUT2D eigenvalue weighted by Gasteiger charge is 2.44. The van der Waals surface area contributed by atoms with Crippen molar-refractivity contribution in [2.75, 3.05) is 18.4 Å². The van der Waals surface area contributed by atoms with Crippen LogP contribution in [0.15, 0.2) is 35.7 Å². The maximum absolute atomic E-state index is 12.2. The van der Waals surface area contributed by atoms with Gasteiger partial charge in [0.05, 0.1) is 16.3 Å². The highest BCUT2D eigenvalue weighted by atomic mass is 32.1. The van der Waals surface area contributed by atoms with Gasteiger partial charge in [-0.05, 0) is 25.8 Å². The van der Waals surface area contributed by atoms with Crippen molar-refractivity contribution in [1.82, 2.24) is 14.9 Å². The van der Waals surface area contributed by atoms with Crippen LogP contribution in [0.25, 0.3) is 10.6 Å². The number of benzene rings is 1. The van der Waals surface area contributed by atoms with Gasteiger partial charge in [0, 0.05) is 24.4 Å². The molecule has 1 fully saturated rings. The van der Waals surface area contributed by atoms with Gasteiger partial charge in [0.2, 0.25) is 6.41 Å². The molecular formula is C24H25F3N4O3S2. The van der Waals surface area contributed by atoms with Crippen molar-refractivity contribution in [2.45, 2.75) is 38.5 Å². The van der Waals surface area contributed by atoms with E-state index in [0.29, 0.717) is 23.0 Å². The molecule has 1 saturated heterocycles. The largest absolute Gasteiger partial charge is 0.471 e. The minimum Gasteiger partial charge on any atom is -0.386 e. The Morgan fingerprint density at radius 2 is 1.94 bits per heavy atom. The summed E-state index contributed by atoms with van der Waals surface area (Å²) < 4.78 is 36.7. The number of hydrogen-bond acceptors (Lipinski definition) is 7. The summed E-state index contributed by atoms with van der Waals surface area (Å²) in [6.07, 6.45) is 3.86. The van der Waals surface area contributed by atoms with Crippen LogP contribution in [0.2, 0.25) is 0 Å². The zero-order chi connectivity index (χ0) is 26.9. The van der Waals surface area contributed by atoms with E-state index >= 15 is 0 Å². The number of amides is 2. The van der Waals surface area contributed by atoms with Crippen molar-refractivity contribution in [3.05, 3.63) is 52.0 Å². The first-order chi connectivity index (χ1) is 17.1. The molecule has 2 amide bonds. The minimum absolute atomic E-state index is 0.0162. The number of aliphatic hydroxyl groups excluding tert-OH is 1. The Bertz CT molecular complexity index is 1160. The third kappa shape index (κ3) is 7.61. The van der Waals surface area contributed by atoms with E-state index in [2.05, 4.69) is 28.1 Å². The summed E-state index contributed by atoms with van der Waals surface area (Å²) in [6.45, 7) is 3.90. The predicted molar refractivity (Wildman–Crippen MR) is 135 cm³/mol. The number of aryl methyl sites for hydroxylation is 1. The van der Waals surface area contributed by atoms with E-state index in [0.717, 1.165) is 26.7 Å². The fraction of sp³-hybridized carbons (Fsp3) is 0.333. The highest BCUT2D eigenvalue weighted by molar-refractivity contribution is 7.17. The van der Waals surface area contributed by atoms with Crippen LogP contribution in [0.1, 0.15) is 41.6 Å². The molecule has 192 valence electrons. The van der Waals surface area contributed by atoms with E-state index in [1.54, 1.807) is 6.92 Å². The van der Waals surface area contributed by atoms with Crippen LogP contribution in [-0.2, 0) is 9.59 Å². The lowest BCUT2D eigenvalue weighted by Crippen LogP contribution is -2.39. The van der Waals surface area contributed by atoms with E-state index in [1.165, 1.54) is 22.7 Å². The third-order valence-electron chi connectivity index (χ3n) is 5.08. The summed E-state index contributed by atoms with van der Waals surface area (Å²) in [5.74, 6) is -1.71. The fourth-order valence-corrected chi connectivity index (χ4v) is 5.15. The molecular weight excluding hydrogens is 513 g/mol. The Kier molecular flexibility index (Phi) is 10.6. The summed E-state index contributed by atoms with van der Waals surface area (Å²) in [4.78, 5) is 31.7. The Balaban J connectivity index is 0.000000237. The number of thiazole rings is 2. The van der Waals surface area contributed by atoms with Gasteiger partial charge < -0.3 is 15.3 Å². The molecule has 3 heterocycles. The smallest absolute Gasteiger partial charge is 0.386 e. The van der Waals surface area contributed by atoms with Crippen molar-refractivity contribution >= 4 is 40.1 Å². The number of aromatic nitrogens is 2. The summed E-state index contributed by atoms with van der Waals surface area (Å²) in [5, 5.41) is 15.1. The van der Waals surface area contributed by atoms with Crippen LogP contribution in [0.5, 0.6) is 0 Å². The van der Waals surface area contributed by atoms with Gasteiger partial charge in [-0.1, -0.05) is 30.3 Å². The summed E-state index contributed by atoms with van der Waals surface area (Å²) in [6, 6.07) is 9.32. The molecule has 12 heteroatoms. The quantitative estimate of drug-likeness (QED) is 0.352. The number of halogens is 3. The van der Waals surface area contributed by atoms with Gasteiger partial charge in [0.1, 0.15) is 11.1 Å². The van der Waals surface area contributed by atoms with Gasteiger partial charge in [-0.25, -0.2) is 9.97 Å².